The highest BCUT2D eigenvalue weighted by atomic mass is 32.2. The fourth-order valence-electron chi connectivity index (χ4n) is 3.92. The molecule has 0 saturated heterocycles. The van der Waals surface area contributed by atoms with E-state index in [1.54, 1.807) is 6.08 Å². The van der Waals surface area contributed by atoms with Crippen molar-refractivity contribution >= 4 is 33.0 Å². The number of aliphatic hydroxyl groups excluding tert-OH is 1. The number of phenols is 1. The van der Waals surface area contributed by atoms with E-state index < -0.39 is 26.9 Å². The minimum absolute atomic E-state index is 0.0308. The van der Waals surface area contributed by atoms with Gasteiger partial charge in [-0.2, -0.15) is 0 Å². The van der Waals surface area contributed by atoms with Crippen LogP contribution in [0.2, 0.25) is 0 Å². The molecular formula is C26H27N4O6S+. The van der Waals surface area contributed by atoms with Gasteiger partial charge in [-0.3, -0.25) is 4.79 Å². The fraction of sp³-hybridized carbons (Fsp3) is 0.154. The predicted octanol–water partition coefficient (Wildman–Crippen LogP) is 1.21. The number of aromatic hydroxyl groups is 1. The van der Waals surface area contributed by atoms with Crippen LogP contribution in [0.3, 0.4) is 0 Å². The SMILES string of the molecule is Nc1ccc(O)c([NH2+]C(=O)c2ccc(S(=O)(=O)C3C=CC(C(=O)NC4=CC(N)CC=C4O)=CC3)cc2)c1. The zero-order chi connectivity index (χ0) is 26.7. The highest BCUT2D eigenvalue weighted by molar-refractivity contribution is 7.92. The molecule has 192 valence electrons. The summed E-state index contributed by atoms with van der Waals surface area (Å²) in [6.45, 7) is 0. The molecule has 10 nitrogen and oxygen atoms in total. The van der Waals surface area contributed by atoms with Crippen LogP contribution in [0, 0.1) is 0 Å². The second kappa shape index (κ2) is 10.4. The van der Waals surface area contributed by atoms with Gasteiger partial charge in [0.2, 0.25) is 0 Å². The first-order valence-electron chi connectivity index (χ1n) is 11.4. The van der Waals surface area contributed by atoms with Crippen molar-refractivity contribution in [3.8, 4) is 5.75 Å². The van der Waals surface area contributed by atoms with Gasteiger partial charge in [-0.05, 0) is 61.4 Å². The molecule has 4 rings (SSSR count). The number of allylic oxidation sites excluding steroid dienone is 1. The quantitative estimate of drug-likeness (QED) is 0.185. The molecule has 0 spiro atoms. The van der Waals surface area contributed by atoms with Gasteiger partial charge in [0.05, 0.1) is 21.4 Å². The van der Waals surface area contributed by atoms with Crippen LogP contribution in [0.5, 0.6) is 5.75 Å². The summed E-state index contributed by atoms with van der Waals surface area (Å²) in [4.78, 5) is 25.2. The van der Waals surface area contributed by atoms with Gasteiger partial charge in [0.1, 0.15) is 5.76 Å². The third-order valence-electron chi connectivity index (χ3n) is 6.02. The normalized spacial score (nSPS) is 19.4. The molecule has 2 aromatic rings. The van der Waals surface area contributed by atoms with Crippen LogP contribution >= 0.6 is 0 Å². The molecular weight excluding hydrogens is 496 g/mol. The molecule has 0 aliphatic heterocycles. The summed E-state index contributed by atoms with van der Waals surface area (Å²) in [7, 11) is -3.79. The predicted molar refractivity (Wildman–Crippen MR) is 137 cm³/mol. The topological polar surface area (TPSA) is 189 Å². The molecule has 0 radical (unpaired) electrons. The Labute approximate surface area is 213 Å². The van der Waals surface area contributed by atoms with Crippen LogP contribution in [0.4, 0.5) is 11.4 Å². The summed E-state index contributed by atoms with van der Waals surface area (Å²) >= 11 is 0. The summed E-state index contributed by atoms with van der Waals surface area (Å²) in [6, 6.07) is 9.54. The number of quaternary nitrogens is 1. The number of hydrogen-bond donors (Lipinski definition) is 6. The number of carbonyl (C=O) groups is 2. The van der Waals surface area contributed by atoms with Gasteiger partial charge < -0.3 is 27.0 Å². The van der Waals surface area contributed by atoms with Gasteiger partial charge in [-0.1, -0.05) is 18.2 Å². The van der Waals surface area contributed by atoms with Crippen molar-refractivity contribution < 1.29 is 33.5 Å². The third-order valence-corrected chi connectivity index (χ3v) is 8.09. The molecule has 0 aromatic heterocycles. The minimum atomic E-state index is -3.79. The Kier molecular flexibility index (Phi) is 7.30. The van der Waals surface area contributed by atoms with Crippen molar-refractivity contribution in [1.82, 2.24) is 5.32 Å². The van der Waals surface area contributed by atoms with Gasteiger partial charge >= 0.3 is 5.91 Å². The summed E-state index contributed by atoms with van der Waals surface area (Å²) in [6.07, 6.45) is 8.00. The molecule has 0 saturated carbocycles. The standard InChI is InChI=1S/C26H26N4O6S/c27-17-5-11-23(31)21(13-17)29-25(33)15-1-7-19(8-2-15)37(35,36)20-9-3-16(4-10-20)26(34)30-22-14-18(28)6-12-24(22)32/h1-5,7-9,11-14,18,20,31-32H,6,10,27-28H2,(H,29,33)(H,30,34)/p+1. The van der Waals surface area contributed by atoms with E-state index in [-0.39, 0.29) is 51.4 Å². The van der Waals surface area contributed by atoms with Crippen molar-refractivity contribution in [1.29, 1.82) is 0 Å². The lowest BCUT2D eigenvalue weighted by molar-refractivity contribution is -0.464. The Balaban J connectivity index is 1.41. The van der Waals surface area contributed by atoms with Crippen LogP contribution in [-0.4, -0.2) is 41.7 Å². The van der Waals surface area contributed by atoms with Gasteiger partial charge in [-0.15, -0.1) is 0 Å². The number of amides is 2. The van der Waals surface area contributed by atoms with E-state index in [9.17, 15) is 28.2 Å². The lowest BCUT2D eigenvalue weighted by Crippen LogP contribution is -2.82. The van der Waals surface area contributed by atoms with Crippen LogP contribution in [0.1, 0.15) is 23.2 Å². The Bertz CT molecular complexity index is 1470. The maximum Gasteiger partial charge on any atom is 0.347 e. The zero-order valence-electron chi connectivity index (χ0n) is 19.7. The van der Waals surface area contributed by atoms with Gasteiger partial charge in [0.15, 0.2) is 21.3 Å². The van der Waals surface area contributed by atoms with Crippen LogP contribution in [0.25, 0.3) is 0 Å². The second-order valence-electron chi connectivity index (χ2n) is 8.71. The minimum Gasteiger partial charge on any atom is -0.506 e. The Hall–Kier alpha value is -4.19. The van der Waals surface area contributed by atoms with Crippen molar-refractivity contribution in [2.24, 2.45) is 5.73 Å². The molecule has 0 heterocycles. The van der Waals surface area contributed by atoms with Crippen molar-refractivity contribution in [3.63, 3.8) is 0 Å². The molecule has 2 aromatic carbocycles. The number of sulfone groups is 1. The average Bonchev–Trinajstić information content (AvgIpc) is 2.88. The molecule has 11 heteroatoms. The summed E-state index contributed by atoms with van der Waals surface area (Å²) in [5.74, 6) is -1.08. The summed E-state index contributed by atoms with van der Waals surface area (Å²) < 4.78 is 26.3. The maximum atomic E-state index is 13.1. The fourth-order valence-corrected chi connectivity index (χ4v) is 5.42. The highest BCUT2D eigenvalue weighted by Gasteiger charge is 2.28. The molecule has 2 atom stereocenters. The lowest BCUT2D eigenvalue weighted by atomic mass is 10.0. The Morgan fingerprint density at radius 1 is 1.03 bits per heavy atom. The third kappa shape index (κ3) is 5.80. The van der Waals surface area contributed by atoms with E-state index in [0.29, 0.717) is 12.1 Å². The van der Waals surface area contributed by atoms with E-state index in [1.165, 1.54) is 72.1 Å². The van der Waals surface area contributed by atoms with E-state index in [0.717, 1.165) is 0 Å². The monoisotopic (exact) mass is 523 g/mol. The smallest absolute Gasteiger partial charge is 0.347 e. The average molecular weight is 524 g/mol. The van der Waals surface area contributed by atoms with Crippen LogP contribution in [0.15, 0.2) is 94.8 Å². The highest BCUT2D eigenvalue weighted by Crippen LogP contribution is 2.25. The Morgan fingerprint density at radius 3 is 2.43 bits per heavy atom. The molecule has 2 aliphatic carbocycles. The molecule has 0 bridgehead atoms. The zero-order valence-corrected chi connectivity index (χ0v) is 20.5. The number of nitrogens with one attached hydrogen (secondary N) is 1. The molecule has 2 amide bonds. The summed E-state index contributed by atoms with van der Waals surface area (Å²) in [5, 5.41) is 22.8. The largest absolute Gasteiger partial charge is 0.506 e. The maximum absolute atomic E-state index is 13.1. The number of hydrogen-bond acceptors (Lipinski definition) is 8. The number of rotatable bonds is 6. The first-order valence-corrected chi connectivity index (χ1v) is 13.0. The van der Waals surface area contributed by atoms with E-state index in [2.05, 4.69) is 5.32 Å². The van der Waals surface area contributed by atoms with Gasteiger partial charge in [0, 0.05) is 23.4 Å². The Morgan fingerprint density at radius 2 is 1.76 bits per heavy atom. The molecule has 2 unspecified atom stereocenters. The number of benzene rings is 2. The summed E-state index contributed by atoms with van der Waals surface area (Å²) in [5.41, 5.74) is 12.9. The number of primary amides is 1. The number of nitrogen functional groups attached to an aromatic ring is 1. The number of aliphatic hydroxyl groups is 1. The van der Waals surface area contributed by atoms with E-state index >= 15 is 0 Å². The number of anilines is 1. The van der Waals surface area contributed by atoms with Gasteiger partial charge in [-0.25, -0.2) is 18.5 Å². The van der Waals surface area contributed by atoms with Crippen molar-refractivity contribution in [2.75, 3.05) is 5.73 Å². The lowest BCUT2D eigenvalue weighted by Gasteiger charge is -2.19. The van der Waals surface area contributed by atoms with E-state index in [1.807, 2.05) is 0 Å². The van der Waals surface area contributed by atoms with Gasteiger partial charge in [0.25, 0.3) is 5.91 Å². The van der Waals surface area contributed by atoms with Crippen molar-refractivity contribution in [3.05, 3.63) is 95.4 Å². The number of phenolic OH excluding ortho intramolecular Hbond substituents is 1. The molecule has 9 N–H and O–H groups in total. The van der Waals surface area contributed by atoms with Crippen LogP contribution in [-0.2, 0) is 14.6 Å². The van der Waals surface area contributed by atoms with Crippen molar-refractivity contribution in [2.45, 2.75) is 29.0 Å². The van der Waals surface area contributed by atoms with E-state index in [4.69, 9.17) is 11.5 Å². The first kappa shape index (κ1) is 25.9. The molecule has 37 heavy (non-hydrogen) atoms. The second-order valence-corrected chi connectivity index (χ2v) is 10.9. The van der Waals surface area contributed by atoms with Crippen LogP contribution < -0.4 is 22.1 Å². The number of carbonyl (C=O) groups excluding carboxylic acids is 2. The molecule has 0 fully saturated rings. The number of nitrogens with two attached hydrogens (primary N) is 3. The first-order chi connectivity index (χ1) is 17.5. The molecule has 2 aliphatic rings.